The number of hydrogen-bond donors (Lipinski definition) is 1. The van der Waals surface area contributed by atoms with Gasteiger partial charge in [-0.1, -0.05) is 54.1 Å². The van der Waals surface area contributed by atoms with Crippen LogP contribution in [0.2, 0.25) is 5.02 Å². The number of esters is 1. The Labute approximate surface area is 191 Å². The van der Waals surface area contributed by atoms with E-state index in [1.165, 1.54) is 4.90 Å². The summed E-state index contributed by atoms with van der Waals surface area (Å²) < 4.78 is 5.30. The molecule has 2 aromatic carbocycles. The number of amides is 1. The number of benzene rings is 2. The topological polar surface area (TPSA) is 75.7 Å². The van der Waals surface area contributed by atoms with Crippen molar-refractivity contribution in [1.82, 2.24) is 10.2 Å². The second-order valence-electron chi connectivity index (χ2n) is 7.62. The first-order valence-electron chi connectivity index (χ1n) is 10.5. The van der Waals surface area contributed by atoms with Gasteiger partial charge in [-0.3, -0.25) is 14.5 Å². The molecular weight excluding hydrogens is 428 g/mol. The van der Waals surface area contributed by atoms with Crippen LogP contribution < -0.4 is 5.32 Å². The van der Waals surface area contributed by atoms with Crippen molar-refractivity contribution in [2.75, 3.05) is 6.61 Å². The van der Waals surface area contributed by atoms with E-state index in [4.69, 9.17) is 16.3 Å². The lowest BCUT2D eigenvalue weighted by Gasteiger charge is -2.43. The first-order valence-corrected chi connectivity index (χ1v) is 10.9. The molecule has 7 heteroatoms. The molecule has 32 heavy (non-hydrogen) atoms. The number of ketones is 1. The van der Waals surface area contributed by atoms with Crippen LogP contribution >= 0.6 is 11.6 Å². The van der Waals surface area contributed by atoms with E-state index in [-0.39, 0.29) is 24.7 Å². The number of nitrogens with zero attached hydrogens (tertiary/aromatic N) is 1. The lowest BCUT2D eigenvalue weighted by molar-refractivity contribution is -0.140. The summed E-state index contributed by atoms with van der Waals surface area (Å²) in [7, 11) is 0. The molecule has 164 valence electrons. The molecule has 0 fully saturated rings. The molecule has 2 heterocycles. The van der Waals surface area contributed by atoms with Crippen LogP contribution in [0.4, 0.5) is 0 Å². The van der Waals surface area contributed by atoms with Crippen molar-refractivity contribution in [2.45, 2.75) is 32.7 Å². The summed E-state index contributed by atoms with van der Waals surface area (Å²) in [5.41, 5.74) is 2.64. The molecule has 6 nitrogen and oxygen atoms in total. The van der Waals surface area contributed by atoms with Gasteiger partial charge in [0.2, 0.25) is 5.91 Å². The summed E-state index contributed by atoms with van der Waals surface area (Å²) in [6.45, 7) is 3.69. The lowest BCUT2D eigenvalue weighted by Crippen LogP contribution is -2.49. The Morgan fingerprint density at radius 2 is 1.78 bits per heavy atom. The quantitative estimate of drug-likeness (QED) is 0.534. The second kappa shape index (κ2) is 9.01. The van der Waals surface area contributed by atoms with E-state index in [9.17, 15) is 14.4 Å². The molecule has 2 aliphatic rings. The van der Waals surface area contributed by atoms with Gasteiger partial charge in [0, 0.05) is 28.3 Å². The fraction of sp³-hybridized carbons (Fsp3) is 0.240. The molecule has 0 aromatic heterocycles. The third kappa shape index (κ3) is 3.94. The highest BCUT2D eigenvalue weighted by Crippen LogP contribution is 2.41. The van der Waals surface area contributed by atoms with Crippen molar-refractivity contribution in [3.8, 4) is 0 Å². The van der Waals surface area contributed by atoms with Gasteiger partial charge < -0.3 is 10.1 Å². The number of carbonyl (C=O) groups excluding carboxylic acids is 3. The minimum atomic E-state index is -0.728. The van der Waals surface area contributed by atoms with Crippen molar-refractivity contribution in [1.29, 1.82) is 0 Å². The summed E-state index contributed by atoms with van der Waals surface area (Å²) in [5.74, 6) is -0.411. The van der Waals surface area contributed by atoms with Crippen LogP contribution in [0.1, 0.15) is 48.7 Å². The molecule has 0 aliphatic carbocycles. The molecule has 0 saturated heterocycles. The Morgan fingerprint density at radius 1 is 1.09 bits per heavy atom. The third-order valence-corrected chi connectivity index (χ3v) is 5.87. The highest BCUT2D eigenvalue weighted by Gasteiger charge is 2.43. The van der Waals surface area contributed by atoms with E-state index in [2.05, 4.69) is 5.32 Å². The highest BCUT2D eigenvalue weighted by atomic mass is 35.5. The molecule has 2 aromatic rings. The van der Waals surface area contributed by atoms with Crippen molar-refractivity contribution in [3.63, 3.8) is 0 Å². The van der Waals surface area contributed by atoms with Gasteiger partial charge in [-0.2, -0.15) is 0 Å². The van der Waals surface area contributed by atoms with Gasteiger partial charge in [0.15, 0.2) is 5.78 Å². The number of carbonyl (C=O) groups is 3. The van der Waals surface area contributed by atoms with E-state index in [1.807, 2.05) is 6.07 Å². The Bertz CT molecular complexity index is 1140. The molecule has 0 bridgehead atoms. The fourth-order valence-electron chi connectivity index (χ4n) is 4.15. The van der Waals surface area contributed by atoms with Gasteiger partial charge >= 0.3 is 5.97 Å². The molecule has 0 radical (unpaired) electrons. The van der Waals surface area contributed by atoms with E-state index in [0.29, 0.717) is 45.2 Å². The molecule has 1 unspecified atom stereocenters. The van der Waals surface area contributed by atoms with Gasteiger partial charge in [-0.15, -0.1) is 0 Å². The van der Waals surface area contributed by atoms with Crippen molar-refractivity contribution >= 4 is 29.3 Å². The van der Waals surface area contributed by atoms with Gasteiger partial charge in [-0.05, 0) is 38.0 Å². The molecule has 4 rings (SSSR count). The van der Waals surface area contributed by atoms with Crippen LogP contribution in [0, 0.1) is 0 Å². The van der Waals surface area contributed by atoms with E-state index >= 15 is 0 Å². The molecule has 0 spiro atoms. The van der Waals surface area contributed by atoms with Crippen molar-refractivity contribution in [2.24, 2.45) is 0 Å². The molecule has 1 atom stereocenters. The van der Waals surface area contributed by atoms with Gasteiger partial charge in [0.25, 0.3) is 0 Å². The number of ether oxygens (including phenoxy) is 1. The summed E-state index contributed by atoms with van der Waals surface area (Å²) in [5, 5.41) is 3.71. The predicted molar refractivity (Wildman–Crippen MR) is 121 cm³/mol. The van der Waals surface area contributed by atoms with Crippen LogP contribution in [0.15, 0.2) is 77.3 Å². The first-order chi connectivity index (χ1) is 15.4. The second-order valence-corrected chi connectivity index (χ2v) is 8.06. The minimum Gasteiger partial charge on any atom is -0.463 e. The SMILES string of the molecule is CCOC(=O)C1=C(C)NC2=C(C(=O)c3ccccc3)CCC(=O)N2C1c1ccc(Cl)cc1. The molecular formula is C25H23ClN2O4. The highest BCUT2D eigenvalue weighted by molar-refractivity contribution is 6.30. The monoisotopic (exact) mass is 450 g/mol. The molecule has 2 aliphatic heterocycles. The van der Waals surface area contributed by atoms with E-state index < -0.39 is 12.0 Å². The third-order valence-electron chi connectivity index (χ3n) is 5.62. The summed E-state index contributed by atoms with van der Waals surface area (Å²) in [6.07, 6.45) is 0.485. The number of halogens is 1. The average molecular weight is 451 g/mol. The van der Waals surface area contributed by atoms with Crippen molar-refractivity contribution in [3.05, 3.63) is 93.4 Å². The Balaban J connectivity index is 1.90. The normalized spacial score (nSPS) is 18.3. The maximum atomic E-state index is 13.3. The van der Waals surface area contributed by atoms with E-state index in [0.717, 1.165) is 0 Å². The minimum absolute atomic E-state index is 0.146. The van der Waals surface area contributed by atoms with Crippen LogP contribution in [0.5, 0.6) is 0 Å². The zero-order valence-electron chi connectivity index (χ0n) is 17.9. The number of rotatable bonds is 5. The van der Waals surface area contributed by atoms with Crippen LogP contribution in [-0.4, -0.2) is 29.2 Å². The van der Waals surface area contributed by atoms with Crippen LogP contribution in [0.25, 0.3) is 0 Å². The molecule has 0 saturated carbocycles. The molecule has 1 amide bonds. The largest absolute Gasteiger partial charge is 0.463 e. The lowest BCUT2D eigenvalue weighted by atomic mass is 9.88. The van der Waals surface area contributed by atoms with Gasteiger partial charge in [-0.25, -0.2) is 4.79 Å². The number of fused-ring (bicyclic) bond motifs is 1. The number of hydrogen-bond acceptors (Lipinski definition) is 5. The average Bonchev–Trinajstić information content (AvgIpc) is 2.79. The smallest absolute Gasteiger partial charge is 0.338 e. The van der Waals surface area contributed by atoms with E-state index in [1.54, 1.807) is 62.4 Å². The fourth-order valence-corrected chi connectivity index (χ4v) is 4.27. The maximum absolute atomic E-state index is 13.3. The Hall–Kier alpha value is -3.38. The van der Waals surface area contributed by atoms with Crippen molar-refractivity contribution < 1.29 is 19.1 Å². The summed E-state index contributed by atoms with van der Waals surface area (Å²) >= 11 is 6.08. The van der Waals surface area contributed by atoms with Crippen LogP contribution in [0.3, 0.4) is 0 Å². The maximum Gasteiger partial charge on any atom is 0.338 e. The number of Topliss-reactive ketones (excluding diaryl/α,β-unsaturated/α-hetero) is 1. The van der Waals surface area contributed by atoms with Gasteiger partial charge in [0.1, 0.15) is 5.82 Å². The number of nitrogens with one attached hydrogen (secondary N) is 1. The number of allylic oxidation sites excluding steroid dienone is 2. The zero-order valence-corrected chi connectivity index (χ0v) is 18.6. The Morgan fingerprint density at radius 3 is 2.44 bits per heavy atom. The van der Waals surface area contributed by atoms with Gasteiger partial charge in [0.05, 0.1) is 18.2 Å². The molecule has 1 N–H and O–H groups in total. The van der Waals surface area contributed by atoms with Crippen LogP contribution in [-0.2, 0) is 14.3 Å². The summed E-state index contributed by atoms with van der Waals surface area (Å²) in [4.78, 5) is 40.9. The predicted octanol–water partition coefficient (Wildman–Crippen LogP) is 4.54. The first kappa shape index (κ1) is 21.8. The Kier molecular flexibility index (Phi) is 6.15. The summed E-state index contributed by atoms with van der Waals surface area (Å²) in [6, 6.07) is 15.2. The zero-order chi connectivity index (χ0) is 22.8. The standard InChI is InChI=1S/C25H23ClN2O4/c1-3-32-25(31)21-15(2)27-24-19(23(30)17-7-5-4-6-8-17)13-14-20(29)28(24)22(21)16-9-11-18(26)12-10-16/h4-12,22,27H,3,13-14H2,1-2H3.